The van der Waals surface area contributed by atoms with Crippen LogP contribution in [0.15, 0.2) is 0 Å². The molecule has 2 fully saturated rings. The standard InChI is InChI=1S/C25H44/c1-4-7-9-11-22-12-14-23(15-13-22)24-16-20-25(18-6-3,21-17-24)19-10-8-5-2/h22-24H,4-5,7-17,19-21H2,1-3H3. The van der Waals surface area contributed by atoms with Gasteiger partial charge in [0.05, 0.1) is 0 Å². The Labute approximate surface area is 158 Å². The van der Waals surface area contributed by atoms with Gasteiger partial charge < -0.3 is 0 Å². The molecule has 144 valence electrons. The molecule has 0 heterocycles. The van der Waals surface area contributed by atoms with E-state index in [4.69, 9.17) is 0 Å². The lowest BCUT2D eigenvalue weighted by atomic mass is 9.63. The van der Waals surface area contributed by atoms with Crippen LogP contribution in [0, 0.1) is 35.0 Å². The monoisotopic (exact) mass is 344 g/mol. The molecular formula is C25H44. The molecule has 0 aromatic carbocycles. The molecule has 0 saturated heterocycles. The molecule has 0 amide bonds. The van der Waals surface area contributed by atoms with Crippen molar-refractivity contribution in [2.24, 2.45) is 23.2 Å². The zero-order chi connectivity index (χ0) is 18.0. The third-order valence-electron chi connectivity index (χ3n) is 7.41. The zero-order valence-corrected chi connectivity index (χ0v) is 17.5. The van der Waals surface area contributed by atoms with Crippen molar-refractivity contribution in [2.75, 3.05) is 0 Å². The molecule has 0 nitrogen and oxygen atoms in total. The summed E-state index contributed by atoms with van der Waals surface area (Å²) in [6.07, 6.45) is 23.1. The fraction of sp³-hybridized carbons (Fsp3) is 0.920. The molecule has 0 aromatic heterocycles. The molecule has 0 aromatic rings. The summed E-state index contributed by atoms with van der Waals surface area (Å²) in [6, 6.07) is 0. The summed E-state index contributed by atoms with van der Waals surface area (Å²) in [5, 5.41) is 0. The zero-order valence-electron chi connectivity index (χ0n) is 17.5. The summed E-state index contributed by atoms with van der Waals surface area (Å²) < 4.78 is 0. The highest BCUT2D eigenvalue weighted by Crippen LogP contribution is 2.48. The Kier molecular flexibility index (Phi) is 9.44. The normalized spacial score (nSPS) is 32.8. The first-order valence-electron chi connectivity index (χ1n) is 11.7. The van der Waals surface area contributed by atoms with Crippen LogP contribution >= 0.6 is 0 Å². The van der Waals surface area contributed by atoms with Gasteiger partial charge >= 0.3 is 0 Å². The number of unbranched alkanes of at least 4 members (excludes halogenated alkanes) is 4. The Bertz CT molecular complexity index is 393. The van der Waals surface area contributed by atoms with Gasteiger partial charge in [-0.1, -0.05) is 77.6 Å². The first-order valence-corrected chi connectivity index (χ1v) is 11.7. The van der Waals surface area contributed by atoms with E-state index in [1.165, 1.54) is 103 Å². The highest BCUT2D eigenvalue weighted by molar-refractivity contribution is 5.12. The Hall–Kier alpha value is -0.440. The minimum absolute atomic E-state index is 0.387. The Morgan fingerprint density at radius 1 is 0.760 bits per heavy atom. The third-order valence-corrected chi connectivity index (χ3v) is 7.41. The second kappa shape index (κ2) is 11.3. The third kappa shape index (κ3) is 6.66. The maximum atomic E-state index is 3.67. The number of rotatable bonds is 9. The number of hydrogen-bond donors (Lipinski definition) is 0. The largest absolute Gasteiger partial charge is 0.106 e. The van der Waals surface area contributed by atoms with Crippen molar-refractivity contribution in [2.45, 2.75) is 124 Å². The topological polar surface area (TPSA) is 0 Å². The molecule has 0 aliphatic heterocycles. The molecule has 0 heteroatoms. The van der Waals surface area contributed by atoms with Gasteiger partial charge in [-0.2, -0.15) is 0 Å². The lowest BCUT2D eigenvalue weighted by molar-refractivity contribution is 0.115. The molecule has 2 aliphatic carbocycles. The van der Waals surface area contributed by atoms with Crippen molar-refractivity contribution < 1.29 is 0 Å². The van der Waals surface area contributed by atoms with Crippen molar-refractivity contribution in [1.29, 1.82) is 0 Å². The Morgan fingerprint density at radius 3 is 1.96 bits per heavy atom. The van der Waals surface area contributed by atoms with Crippen molar-refractivity contribution in [1.82, 2.24) is 0 Å². The predicted molar refractivity (Wildman–Crippen MR) is 112 cm³/mol. The van der Waals surface area contributed by atoms with E-state index in [2.05, 4.69) is 25.7 Å². The fourth-order valence-electron chi connectivity index (χ4n) is 5.71. The van der Waals surface area contributed by atoms with E-state index in [1.54, 1.807) is 0 Å². The molecule has 2 aliphatic rings. The van der Waals surface area contributed by atoms with Crippen LogP contribution in [0.4, 0.5) is 0 Å². The average Bonchev–Trinajstić information content (AvgIpc) is 2.64. The van der Waals surface area contributed by atoms with E-state index < -0.39 is 0 Å². The predicted octanol–water partition coefficient (Wildman–Crippen LogP) is 8.15. The molecular weight excluding hydrogens is 300 g/mol. The van der Waals surface area contributed by atoms with Crippen LogP contribution in [-0.2, 0) is 0 Å². The van der Waals surface area contributed by atoms with Crippen LogP contribution in [-0.4, -0.2) is 0 Å². The summed E-state index contributed by atoms with van der Waals surface area (Å²) in [6.45, 7) is 6.69. The van der Waals surface area contributed by atoms with E-state index in [9.17, 15) is 0 Å². The molecule has 2 saturated carbocycles. The summed E-state index contributed by atoms with van der Waals surface area (Å²) in [4.78, 5) is 0. The molecule has 0 N–H and O–H groups in total. The van der Waals surface area contributed by atoms with Crippen LogP contribution in [0.3, 0.4) is 0 Å². The van der Waals surface area contributed by atoms with Gasteiger partial charge in [0.1, 0.15) is 0 Å². The second-order valence-electron chi connectivity index (χ2n) is 9.23. The van der Waals surface area contributed by atoms with Gasteiger partial charge in [0.2, 0.25) is 0 Å². The van der Waals surface area contributed by atoms with Crippen LogP contribution < -0.4 is 0 Å². The van der Waals surface area contributed by atoms with Crippen LogP contribution in [0.1, 0.15) is 124 Å². The minimum atomic E-state index is 0.387. The summed E-state index contributed by atoms with van der Waals surface area (Å²) >= 11 is 0. The van der Waals surface area contributed by atoms with Gasteiger partial charge in [0.15, 0.2) is 0 Å². The van der Waals surface area contributed by atoms with E-state index in [0.29, 0.717) is 5.41 Å². The summed E-state index contributed by atoms with van der Waals surface area (Å²) in [7, 11) is 0. The van der Waals surface area contributed by atoms with Crippen LogP contribution in [0.2, 0.25) is 0 Å². The number of hydrogen-bond acceptors (Lipinski definition) is 0. The van der Waals surface area contributed by atoms with Crippen molar-refractivity contribution >= 4 is 0 Å². The summed E-state index contributed by atoms with van der Waals surface area (Å²) in [5.74, 6) is 10.1. The second-order valence-corrected chi connectivity index (χ2v) is 9.23. The Balaban J connectivity index is 1.74. The van der Waals surface area contributed by atoms with E-state index >= 15 is 0 Å². The van der Waals surface area contributed by atoms with Crippen LogP contribution in [0.25, 0.3) is 0 Å². The lowest BCUT2D eigenvalue weighted by Crippen LogP contribution is -2.31. The molecule has 0 unspecified atom stereocenters. The molecule has 0 atom stereocenters. The molecule has 0 spiro atoms. The van der Waals surface area contributed by atoms with E-state index in [0.717, 1.165) is 17.8 Å². The maximum absolute atomic E-state index is 3.67. The first-order chi connectivity index (χ1) is 12.2. The fourth-order valence-corrected chi connectivity index (χ4v) is 5.71. The van der Waals surface area contributed by atoms with Gasteiger partial charge in [0.25, 0.3) is 0 Å². The van der Waals surface area contributed by atoms with Crippen LogP contribution in [0.5, 0.6) is 0 Å². The van der Waals surface area contributed by atoms with Gasteiger partial charge in [-0.25, -0.2) is 0 Å². The van der Waals surface area contributed by atoms with Crippen molar-refractivity contribution in [3.63, 3.8) is 0 Å². The highest BCUT2D eigenvalue weighted by Gasteiger charge is 2.37. The molecule has 2 rings (SSSR count). The van der Waals surface area contributed by atoms with Gasteiger partial charge in [-0.3, -0.25) is 0 Å². The van der Waals surface area contributed by atoms with Gasteiger partial charge in [0, 0.05) is 5.41 Å². The van der Waals surface area contributed by atoms with Gasteiger partial charge in [-0.05, 0) is 69.6 Å². The average molecular weight is 345 g/mol. The molecule has 0 bridgehead atoms. The minimum Gasteiger partial charge on any atom is -0.106 e. The first kappa shape index (κ1) is 20.9. The maximum Gasteiger partial charge on any atom is 0.0314 e. The quantitative estimate of drug-likeness (QED) is 0.292. The van der Waals surface area contributed by atoms with E-state index in [-0.39, 0.29) is 0 Å². The van der Waals surface area contributed by atoms with Crippen molar-refractivity contribution in [3.8, 4) is 11.8 Å². The Morgan fingerprint density at radius 2 is 1.36 bits per heavy atom. The van der Waals surface area contributed by atoms with Crippen molar-refractivity contribution in [3.05, 3.63) is 0 Å². The SMILES string of the molecule is CC#CC1(CCCCC)CCC(C2CCC(CCCCC)CC2)CC1. The van der Waals surface area contributed by atoms with E-state index in [1.807, 2.05) is 6.92 Å². The lowest BCUT2D eigenvalue weighted by Gasteiger charge is -2.41. The molecule has 25 heavy (non-hydrogen) atoms. The smallest absolute Gasteiger partial charge is 0.0314 e. The van der Waals surface area contributed by atoms with Gasteiger partial charge in [-0.15, -0.1) is 5.92 Å². The molecule has 0 radical (unpaired) electrons. The highest BCUT2D eigenvalue weighted by atomic mass is 14.4. The summed E-state index contributed by atoms with van der Waals surface area (Å²) in [5.41, 5.74) is 0.387.